The number of carboxylic acid groups (broad SMARTS) is 1. The number of likely N-dealkylation sites (tertiary alicyclic amines) is 1. The lowest BCUT2D eigenvalue weighted by Gasteiger charge is -2.15. The maximum Gasteiger partial charge on any atom is 0.335 e. The largest absolute Gasteiger partial charge is 0.478 e. The summed E-state index contributed by atoms with van der Waals surface area (Å²) in [6.45, 7) is 5.51. The van der Waals surface area contributed by atoms with Crippen LogP contribution in [0.2, 0.25) is 0 Å². The van der Waals surface area contributed by atoms with Crippen molar-refractivity contribution in [2.45, 2.75) is 26.2 Å². The van der Waals surface area contributed by atoms with E-state index in [0.717, 1.165) is 18.5 Å². The van der Waals surface area contributed by atoms with Crippen LogP contribution in [0.15, 0.2) is 18.2 Å². The minimum atomic E-state index is -0.848. The summed E-state index contributed by atoms with van der Waals surface area (Å²) < 4.78 is 0. The Balaban J connectivity index is 0.00000162. The molecule has 2 rings (SSSR count). The Morgan fingerprint density at radius 2 is 2.00 bits per heavy atom. The van der Waals surface area contributed by atoms with Gasteiger partial charge in [-0.3, -0.25) is 0 Å². The van der Waals surface area contributed by atoms with Crippen LogP contribution in [0.4, 0.5) is 0 Å². The first-order valence-corrected chi connectivity index (χ1v) is 6.22. The highest BCUT2D eigenvalue weighted by Crippen LogP contribution is 2.14. The molecule has 1 aliphatic rings. The van der Waals surface area contributed by atoms with Crippen LogP contribution in [0.1, 0.15) is 34.3 Å². The molecule has 3 nitrogen and oxygen atoms in total. The number of halogens is 1. The maximum atomic E-state index is 10.8. The fraction of sp³-hybridized carbons (Fsp3) is 0.500. The Bertz CT molecular complexity index is 414. The van der Waals surface area contributed by atoms with E-state index in [4.69, 9.17) is 5.11 Å². The fourth-order valence-corrected chi connectivity index (χ4v) is 2.39. The Morgan fingerprint density at radius 1 is 1.33 bits per heavy atom. The third-order valence-corrected chi connectivity index (χ3v) is 3.49. The quantitative estimate of drug-likeness (QED) is 0.914. The third-order valence-electron chi connectivity index (χ3n) is 3.49. The van der Waals surface area contributed by atoms with E-state index in [-0.39, 0.29) is 12.4 Å². The maximum absolute atomic E-state index is 10.8. The Morgan fingerprint density at radius 3 is 2.56 bits per heavy atom. The van der Waals surface area contributed by atoms with Gasteiger partial charge in [0.05, 0.1) is 5.56 Å². The van der Waals surface area contributed by atoms with Crippen LogP contribution >= 0.6 is 12.4 Å². The first-order valence-electron chi connectivity index (χ1n) is 6.22. The van der Waals surface area contributed by atoms with Crippen LogP contribution in [0.3, 0.4) is 0 Å². The topological polar surface area (TPSA) is 40.5 Å². The molecule has 0 atom stereocenters. The summed E-state index contributed by atoms with van der Waals surface area (Å²) >= 11 is 0. The molecular weight excluding hydrogens is 250 g/mol. The summed E-state index contributed by atoms with van der Waals surface area (Å²) in [5.41, 5.74) is 2.73. The van der Waals surface area contributed by atoms with Gasteiger partial charge in [0.25, 0.3) is 0 Å². The number of aryl methyl sites for hydroxylation is 1. The molecular formula is C14H20ClNO2. The van der Waals surface area contributed by atoms with Gasteiger partial charge in [0.1, 0.15) is 0 Å². The molecule has 0 saturated carbocycles. The minimum Gasteiger partial charge on any atom is -0.478 e. The summed E-state index contributed by atoms with van der Waals surface area (Å²) in [6.07, 6.45) is 3.65. The van der Waals surface area contributed by atoms with Crippen molar-refractivity contribution < 1.29 is 9.90 Å². The average molecular weight is 270 g/mol. The highest BCUT2D eigenvalue weighted by Gasteiger charge is 2.12. The molecule has 1 saturated heterocycles. The van der Waals surface area contributed by atoms with Gasteiger partial charge in [-0.05, 0) is 62.5 Å². The number of benzene rings is 1. The van der Waals surface area contributed by atoms with Crippen molar-refractivity contribution in [1.82, 2.24) is 4.90 Å². The van der Waals surface area contributed by atoms with E-state index < -0.39 is 5.97 Å². The molecule has 0 amide bonds. The molecule has 1 aliphatic heterocycles. The van der Waals surface area contributed by atoms with E-state index in [0.29, 0.717) is 5.56 Å². The number of hydrogen-bond acceptors (Lipinski definition) is 2. The highest BCUT2D eigenvalue weighted by atomic mass is 35.5. The van der Waals surface area contributed by atoms with Crippen LogP contribution in [0.5, 0.6) is 0 Å². The minimum absolute atomic E-state index is 0. The molecule has 4 heteroatoms. The molecule has 0 spiro atoms. The fourth-order valence-electron chi connectivity index (χ4n) is 2.39. The monoisotopic (exact) mass is 269 g/mol. The molecule has 0 radical (unpaired) electrons. The lowest BCUT2D eigenvalue weighted by Crippen LogP contribution is -2.22. The van der Waals surface area contributed by atoms with E-state index in [2.05, 4.69) is 4.90 Å². The van der Waals surface area contributed by atoms with Gasteiger partial charge in [0.15, 0.2) is 0 Å². The lowest BCUT2D eigenvalue weighted by molar-refractivity contribution is 0.0697. The summed E-state index contributed by atoms with van der Waals surface area (Å²) in [4.78, 5) is 13.3. The predicted octanol–water partition coefficient (Wildman–Crippen LogP) is 2.75. The summed E-state index contributed by atoms with van der Waals surface area (Å²) in [5.74, 6) is -0.848. The molecule has 100 valence electrons. The van der Waals surface area contributed by atoms with Gasteiger partial charge in [-0.15, -0.1) is 12.4 Å². The van der Waals surface area contributed by atoms with Crippen LogP contribution in [0, 0.1) is 6.92 Å². The highest BCUT2D eigenvalue weighted by molar-refractivity contribution is 5.87. The molecule has 0 unspecified atom stereocenters. The summed E-state index contributed by atoms with van der Waals surface area (Å²) in [7, 11) is 0. The number of rotatable bonds is 4. The van der Waals surface area contributed by atoms with Gasteiger partial charge in [-0.1, -0.05) is 6.07 Å². The summed E-state index contributed by atoms with van der Waals surface area (Å²) in [5, 5.41) is 8.89. The zero-order valence-corrected chi connectivity index (χ0v) is 11.5. The Kier molecular flexibility index (Phi) is 5.63. The van der Waals surface area contributed by atoms with Crippen molar-refractivity contribution in [2.75, 3.05) is 19.6 Å². The number of hydrogen-bond donors (Lipinski definition) is 1. The van der Waals surface area contributed by atoms with E-state index in [9.17, 15) is 4.79 Å². The zero-order valence-electron chi connectivity index (χ0n) is 10.7. The first-order chi connectivity index (χ1) is 8.16. The van der Waals surface area contributed by atoms with Crippen LogP contribution < -0.4 is 0 Å². The third kappa shape index (κ3) is 3.72. The van der Waals surface area contributed by atoms with Crippen LogP contribution in [-0.4, -0.2) is 35.6 Å². The smallest absolute Gasteiger partial charge is 0.335 e. The lowest BCUT2D eigenvalue weighted by atomic mass is 10.0. The zero-order chi connectivity index (χ0) is 12.3. The van der Waals surface area contributed by atoms with Crippen molar-refractivity contribution in [3.63, 3.8) is 0 Å². The molecule has 1 N–H and O–H groups in total. The van der Waals surface area contributed by atoms with Crippen molar-refractivity contribution in [2.24, 2.45) is 0 Å². The second-order valence-electron chi connectivity index (χ2n) is 4.75. The average Bonchev–Trinajstić information content (AvgIpc) is 2.80. The van der Waals surface area contributed by atoms with Crippen molar-refractivity contribution in [3.05, 3.63) is 34.9 Å². The van der Waals surface area contributed by atoms with Gasteiger partial charge >= 0.3 is 5.97 Å². The van der Waals surface area contributed by atoms with Gasteiger partial charge < -0.3 is 10.0 Å². The van der Waals surface area contributed by atoms with Gasteiger partial charge in [-0.25, -0.2) is 4.79 Å². The molecule has 1 heterocycles. The van der Waals surface area contributed by atoms with Gasteiger partial charge in [0.2, 0.25) is 0 Å². The SMILES string of the molecule is Cc1cc(C(=O)O)ccc1CCN1CCCC1.Cl. The van der Waals surface area contributed by atoms with E-state index in [1.807, 2.05) is 13.0 Å². The first kappa shape index (κ1) is 15.0. The normalized spacial score (nSPS) is 15.4. The van der Waals surface area contributed by atoms with Gasteiger partial charge in [0, 0.05) is 6.54 Å². The van der Waals surface area contributed by atoms with Crippen molar-refractivity contribution in [3.8, 4) is 0 Å². The van der Waals surface area contributed by atoms with E-state index in [1.165, 1.54) is 31.5 Å². The van der Waals surface area contributed by atoms with Crippen molar-refractivity contribution >= 4 is 18.4 Å². The number of carboxylic acids is 1. The molecule has 0 aromatic heterocycles. The second-order valence-corrected chi connectivity index (χ2v) is 4.75. The standard InChI is InChI=1S/C14H19NO2.ClH/c1-11-10-13(14(16)17)5-4-12(11)6-9-15-7-2-3-8-15;/h4-5,10H,2-3,6-9H2,1H3,(H,16,17);1H. The molecule has 0 aliphatic carbocycles. The number of aromatic carboxylic acids is 1. The molecule has 1 aromatic carbocycles. The molecule has 0 bridgehead atoms. The second kappa shape index (κ2) is 6.76. The summed E-state index contributed by atoms with van der Waals surface area (Å²) in [6, 6.07) is 5.42. The molecule has 1 aromatic rings. The van der Waals surface area contributed by atoms with Gasteiger partial charge in [-0.2, -0.15) is 0 Å². The van der Waals surface area contributed by atoms with E-state index >= 15 is 0 Å². The van der Waals surface area contributed by atoms with E-state index in [1.54, 1.807) is 12.1 Å². The van der Waals surface area contributed by atoms with Crippen LogP contribution in [0.25, 0.3) is 0 Å². The predicted molar refractivity (Wildman–Crippen MR) is 74.8 cm³/mol. The molecule has 1 fully saturated rings. The Hall–Kier alpha value is -1.06. The number of carbonyl (C=O) groups is 1. The molecule has 18 heavy (non-hydrogen) atoms. The van der Waals surface area contributed by atoms with Crippen LogP contribution in [-0.2, 0) is 6.42 Å². The number of nitrogens with zero attached hydrogens (tertiary/aromatic N) is 1. The Labute approximate surface area is 114 Å². The van der Waals surface area contributed by atoms with Crippen molar-refractivity contribution in [1.29, 1.82) is 0 Å².